The maximum absolute atomic E-state index is 13.2. The predicted molar refractivity (Wildman–Crippen MR) is 120 cm³/mol. The number of anilines is 1. The van der Waals surface area contributed by atoms with Gasteiger partial charge in [-0.3, -0.25) is 18.6 Å². The first-order valence-corrected chi connectivity index (χ1v) is 10.5. The third-order valence-electron chi connectivity index (χ3n) is 5.01. The lowest BCUT2D eigenvalue weighted by atomic mass is 10.2. The molecular weight excluding hydrogens is 410 g/mol. The average Bonchev–Trinajstić information content (AvgIpc) is 3.21. The maximum atomic E-state index is 13.2. The minimum atomic E-state index is -0.467. The number of ether oxygens (including phenoxy) is 1. The van der Waals surface area contributed by atoms with E-state index >= 15 is 0 Å². The first kappa shape index (κ1) is 21.2. The highest BCUT2D eigenvalue weighted by atomic mass is 16.5. The molecule has 2 aromatic carbocycles. The quantitative estimate of drug-likeness (QED) is 0.449. The standard InChI is InChI=1S/C23H23N5O4/c1-3-8-19-25-26-21-22(30)27(17-11-5-6-12-18(17)28(19)21)14-20(29)24-16-10-7-9-15(13-16)23(31)32-4-2/h5-7,9-13H,3-4,8,14H2,1-2H3,(H,24,29). The van der Waals surface area contributed by atoms with Crippen LogP contribution in [-0.4, -0.2) is 37.6 Å². The van der Waals surface area contributed by atoms with Crippen LogP contribution in [0.3, 0.4) is 0 Å². The van der Waals surface area contributed by atoms with Crippen LogP contribution in [0.25, 0.3) is 16.7 Å². The van der Waals surface area contributed by atoms with Gasteiger partial charge in [-0.1, -0.05) is 25.1 Å². The van der Waals surface area contributed by atoms with Crippen LogP contribution in [0, 0.1) is 0 Å². The molecule has 1 amide bonds. The second kappa shape index (κ2) is 9.01. The van der Waals surface area contributed by atoms with Crippen molar-refractivity contribution < 1.29 is 14.3 Å². The summed E-state index contributed by atoms with van der Waals surface area (Å²) < 4.78 is 8.15. The molecule has 4 aromatic rings. The van der Waals surface area contributed by atoms with Crippen molar-refractivity contribution in [2.24, 2.45) is 0 Å². The number of benzene rings is 2. The monoisotopic (exact) mass is 433 g/mol. The molecule has 0 aliphatic carbocycles. The molecule has 4 rings (SSSR count). The van der Waals surface area contributed by atoms with Crippen LogP contribution in [0.1, 0.15) is 36.5 Å². The van der Waals surface area contributed by atoms with Crippen LogP contribution < -0.4 is 10.9 Å². The van der Waals surface area contributed by atoms with Crippen molar-refractivity contribution >= 4 is 34.2 Å². The van der Waals surface area contributed by atoms with E-state index in [1.165, 1.54) is 10.6 Å². The number of para-hydroxylation sites is 2. The second-order valence-electron chi connectivity index (χ2n) is 7.25. The Morgan fingerprint density at radius 1 is 1.03 bits per heavy atom. The van der Waals surface area contributed by atoms with Gasteiger partial charge in [0.2, 0.25) is 11.6 Å². The molecule has 2 aromatic heterocycles. The van der Waals surface area contributed by atoms with Crippen molar-refractivity contribution in [1.29, 1.82) is 0 Å². The molecule has 0 unspecified atom stereocenters. The van der Waals surface area contributed by atoms with Gasteiger partial charge in [0.25, 0.3) is 5.56 Å². The minimum absolute atomic E-state index is 0.184. The topological polar surface area (TPSA) is 108 Å². The number of nitrogens with zero attached hydrogens (tertiary/aromatic N) is 4. The molecular formula is C23H23N5O4. The van der Waals surface area contributed by atoms with E-state index in [-0.39, 0.29) is 18.8 Å². The van der Waals surface area contributed by atoms with Crippen molar-refractivity contribution in [1.82, 2.24) is 19.2 Å². The molecule has 0 atom stereocenters. The van der Waals surface area contributed by atoms with Gasteiger partial charge in [0, 0.05) is 12.1 Å². The summed E-state index contributed by atoms with van der Waals surface area (Å²) >= 11 is 0. The first-order valence-electron chi connectivity index (χ1n) is 10.5. The molecule has 0 saturated heterocycles. The van der Waals surface area contributed by atoms with Gasteiger partial charge in [-0.15, -0.1) is 10.2 Å². The Morgan fingerprint density at radius 2 is 1.81 bits per heavy atom. The molecule has 0 aliphatic heterocycles. The molecule has 0 fully saturated rings. The van der Waals surface area contributed by atoms with Gasteiger partial charge < -0.3 is 10.1 Å². The van der Waals surface area contributed by atoms with Crippen molar-refractivity contribution in [3.05, 3.63) is 70.3 Å². The number of hydrogen-bond donors (Lipinski definition) is 1. The van der Waals surface area contributed by atoms with E-state index < -0.39 is 17.4 Å². The van der Waals surface area contributed by atoms with Crippen LogP contribution in [0.5, 0.6) is 0 Å². The van der Waals surface area contributed by atoms with Crippen LogP contribution in [0.4, 0.5) is 5.69 Å². The van der Waals surface area contributed by atoms with E-state index in [9.17, 15) is 14.4 Å². The largest absolute Gasteiger partial charge is 0.462 e. The Bertz CT molecular complexity index is 1370. The van der Waals surface area contributed by atoms with E-state index in [2.05, 4.69) is 15.5 Å². The van der Waals surface area contributed by atoms with Gasteiger partial charge in [-0.05, 0) is 43.7 Å². The zero-order chi connectivity index (χ0) is 22.7. The number of aromatic nitrogens is 4. The van der Waals surface area contributed by atoms with Crippen molar-refractivity contribution in [2.75, 3.05) is 11.9 Å². The number of carbonyl (C=O) groups is 2. The van der Waals surface area contributed by atoms with Crippen LogP contribution >= 0.6 is 0 Å². The first-order chi connectivity index (χ1) is 15.5. The van der Waals surface area contributed by atoms with E-state index in [0.29, 0.717) is 29.0 Å². The van der Waals surface area contributed by atoms with E-state index in [0.717, 1.165) is 11.9 Å². The number of fused-ring (bicyclic) bond motifs is 3. The summed E-state index contributed by atoms with van der Waals surface area (Å²) in [4.78, 5) is 37.9. The summed E-state index contributed by atoms with van der Waals surface area (Å²) in [5.74, 6) is -0.162. The average molecular weight is 433 g/mol. The second-order valence-corrected chi connectivity index (χ2v) is 7.25. The highest BCUT2D eigenvalue weighted by Gasteiger charge is 2.18. The van der Waals surface area contributed by atoms with E-state index in [1.54, 1.807) is 35.6 Å². The molecule has 0 radical (unpaired) electrons. The Balaban J connectivity index is 1.68. The zero-order valence-electron chi connectivity index (χ0n) is 17.9. The summed E-state index contributed by atoms with van der Waals surface area (Å²) in [6.07, 6.45) is 1.55. The van der Waals surface area contributed by atoms with Crippen LogP contribution in [-0.2, 0) is 22.5 Å². The van der Waals surface area contributed by atoms with E-state index in [4.69, 9.17) is 4.74 Å². The van der Waals surface area contributed by atoms with Gasteiger partial charge in [0.1, 0.15) is 12.4 Å². The summed E-state index contributed by atoms with van der Waals surface area (Å²) in [5, 5.41) is 11.0. The molecule has 0 bridgehead atoms. The van der Waals surface area contributed by atoms with Gasteiger partial charge in [0.05, 0.1) is 23.2 Å². The molecule has 2 heterocycles. The summed E-state index contributed by atoms with van der Waals surface area (Å²) in [7, 11) is 0. The molecule has 0 aliphatic rings. The SMILES string of the molecule is CCCc1nnc2c(=O)n(CC(=O)Nc3cccc(C(=O)OCC)c3)c3ccccc3n12. The highest BCUT2D eigenvalue weighted by molar-refractivity contribution is 5.95. The van der Waals surface area contributed by atoms with Gasteiger partial charge in [0.15, 0.2) is 0 Å². The number of hydrogen-bond acceptors (Lipinski definition) is 6. The van der Waals surface area contributed by atoms with Gasteiger partial charge in [-0.25, -0.2) is 4.79 Å². The lowest BCUT2D eigenvalue weighted by Gasteiger charge is -2.13. The van der Waals surface area contributed by atoms with Crippen LogP contribution in [0.15, 0.2) is 53.3 Å². The third kappa shape index (κ3) is 3.96. The summed E-state index contributed by atoms with van der Waals surface area (Å²) in [6, 6.07) is 13.8. The number of esters is 1. The number of carbonyl (C=O) groups excluding carboxylic acids is 2. The summed E-state index contributed by atoms with van der Waals surface area (Å²) in [6.45, 7) is 3.81. The number of rotatable bonds is 7. The fourth-order valence-electron chi connectivity index (χ4n) is 3.64. The lowest BCUT2D eigenvalue weighted by molar-refractivity contribution is -0.116. The molecule has 32 heavy (non-hydrogen) atoms. The Labute approximate surface area is 183 Å². The Morgan fingerprint density at radius 3 is 2.56 bits per heavy atom. The lowest BCUT2D eigenvalue weighted by Crippen LogP contribution is -2.29. The maximum Gasteiger partial charge on any atom is 0.338 e. The molecule has 164 valence electrons. The molecule has 0 saturated carbocycles. The third-order valence-corrected chi connectivity index (χ3v) is 5.01. The van der Waals surface area contributed by atoms with Crippen molar-refractivity contribution in [2.45, 2.75) is 33.2 Å². The fourth-order valence-corrected chi connectivity index (χ4v) is 3.64. The molecule has 9 nitrogen and oxygen atoms in total. The van der Waals surface area contributed by atoms with Crippen molar-refractivity contribution in [3.8, 4) is 0 Å². The Hall–Kier alpha value is -4.01. The smallest absolute Gasteiger partial charge is 0.338 e. The van der Waals surface area contributed by atoms with Crippen LogP contribution in [0.2, 0.25) is 0 Å². The van der Waals surface area contributed by atoms with Crippen molar-refractivity contribution in [3.63, 3.8) is 0 Å². The summed E-state index contributed by atoms with van der Waals surface area (Å²) in [5.41, 5.74) is 1.93. The normalized spacial score (nSPS) is 11.1. The fraction of sp³-hybridized carbons (Fsp3) is 0.261. The molecule has 0 spiro atoms. The van der Waals surface area contributed by atoms with Gasteiger partial charge in [-0.2, -0.15) is 0 Å². The molecule has 9 heteroatoms. The number of nitrogens with one attached hydrogen (secondary N) is 1. The number of aryl methyl sites for hydroxylation is 1. The van der Waals surface area contributed by atoms with E-state index in [1.807, 2.05) is 25.1 Å². The highest BCUT2D eigenvalue weighted by Crippen LogP contribution is 2.17. The zero-order valence-corrected chi connectivity index (χ0v) is 17.9. The number of amides is 1. The predicted octanol–water partition coefficient (Wildman–Crippen LogP) is 2.81. The minimum Gasteiger partial charge on any atom is -0.462 e. The molecule has 1 N–H and O–H groups in total. The Kier molecular flexibility index (Phi) is 5.98. The van der Waals surface area contributed by atoms with Gasteiger partial charge >= 0.3 is 5.97 Å².